The Morgan fingerprint density at radius 2 is 1.93 bits per heavy atom. The number of benzene rings is 2. The lowest BCUT2D eigenvalue weighted by Gasteiger charge is -2.25. The highest BCUT2D eigenvalue weighted by Gasteiger charge is 2.15. The lowest BCUT2D eigenvalue weighted by Crippen LogP contribution is -2.41. The van der Waals surface area contributed by atoms with Crippen molar-refractivity contribution in [2.75, 3.05) is 27.2 Å². The first-order valence-corrected chi connectivity index (χ1v) is 9.52. The first kappa shape index (κ1) is 19.9. The minimum Gasteiger partial charge on any atom is -0.347 e. The minimum atomic E-state index is -0.272. The summed E-state index contributed by atoms with van der Waals surface area (Å²) in [5.41, 5.74) is 2.04. The predicted molar refractivity (Wildman–Crippen MR) is 111 cm³/mol. The van der Waals surface area contributed by atoms with E-state index in [4.69, 9.17) is 0 Å². The van der Waals surface area contributed by atoms with Crippen LogP contribution in [0.25, 0.3) is 10.9 Å². The number of urea groups is 1. The number of rotatable bonds is 8. The zero-order valence-electron chi connectivity index (χ0n) is 16.4. The molecule has 2 amide bonds. The molecule has 6 heteroatoms. The molecule has 0 radical (unpaired) electrons. The monoisotopic (exact) mass is 382 g/mol. The second-order valence-corrected chi connectivity index (χ2v) is 7.09. The standard InChI is InChI=1S/C22H27FN4O/c1-26(2)21(18-8-5-9-19(23)15-18)16-25-22(28)24-12-6-13-27-14-11-17-7-3-4-10-20(17)27/h3-5,7-11,14-15,21H,6,12-13,16H2,1-2H3,(H2,24,25,28). The van der Waals surface area contributed by atoms with Crippen molar-refractivity contribution in [2.24, 2.45) is 0 Å². The fourth-order valence-electron chi connectivity index (χ4n) is 3.35. The Kier molecular flexibility index (Phi) is 6.66. The second kappa shape index (κ2) is 9.37. The Balaban J connectivity index is 1.43. The number of likely N-dealkylation sites (N-methyl/N-ethyl adjacent to an activating group) is 1. The van der Waals surface area contributed by atoms with Gasteiger partial charge in [-0.1, -0.05) is 30.3 Å². The Hall–Kier alpha value is -2.86. The number of hydrogen-bond donors (Lipinski definition) is 2. The van der Waals surface area contributed by atoms with Crippen molar-refractivity contribution in [2.45, 2.75) is 19.0 Å². The first-order chi connectivity index (χ1) is 13.5. The number of aromatic nitrogens is 1. The van der Waals surface area contributed by atoms with Crippen molar-refractivity contribution in [3.05, 3.63) is 72.2 Å². The SMILES string of the molecule is CN(C)C(CNC(=O)NCCCn1ccc2ccccc21)c1cccc(F)c1. The average Bonchev–Trinajstić information content (AvgIpc) is 3.08. The summed E-state index contributed by atoms with van der Waals surface area (Å²) in [7, 11) is 3.83. The van der Waals surface area contributed by atoms with Crippen LogP contribution in [0, 0.1) is 5.82 Å². The molecule has 0 saturated heterocycles. The number of aryl methyl sites for hydroxylation is 1. The third-order valence-electron chi connectivity index (χ3n) is 4.85. The highest BCUT2D eigenvalue weighted by molar-refractivity contribution is 5.79. The molecule has 148 valence electrons. The molecule has 2 N–H and O–H groups in total. The number of nitrogens with zero attached hydrogens (tertiary/aromatic N) is 2. The summed E-state index contributed by atoms with van der Waals surface area (Å²) < 4.78 is 15.7. The van der Waals surface area contributed by atoms with Gasteiger partial charge in [-0.3, -0.25) is 0 Å². The Labute approximate surface area is 165 Å². The Bertz CT molecular complexity index is 922. The van der Waals surface area contributed by atoms with E-state index in [-0.39, 0.29) is 17.9 Å². The van der Waals surface area contributed by atoms with Crippen LogP contribution < -0.4 is 10.6 Å². The summed E-state index contributed by atoms with van der Waals surface area (Å²) in [6.07, 6.45) is 2.92. The number of hydrogen-bond acceptors (Lipinski definition) is 2. The number of halogens is 1. The lowest BCUT2D eigenvalue weighted by atomic mass is 10.1. The van der Waals surface area contributed by atoms with E-state index in [0.717, 1.165) is 18.5 Å². The number of para-hydroxylation sites is 1. The predicted octanol–water partition coefficient (Wildman–Crippen LogP) is 3.77. The lowest BCUT2D eigenvalue weighted by molar-refractivity contribution is 0.232. The number of carbonyl (C=O) groups excluding carboxylic acids is 1. The van der Waals surface area contributed by atoms with Crippen LogP contribution in [0.4, 0.5) is 9.18 Å². The highest BCUT2D eigenvalue weighted by atomic mass is 19.1. The molecule has 2 aromatic carbocycles. The zero-order valence-corrected chi connectivity index (χ0v) is 16.4. The van der Waals surface area contributed by atoms with Crippen LogP contribution in [0.5, 0.6) is 0 Å². The van der Waals surface area contributed by atoms with E-state index in [9.17, 15) is 9.18 Å². The number of nitrogens with one attached hydrogen (secondary N) is 2. The van der Waals surface area contributed by atoms with E-state index >= 15 is 0 Å². The van der Waals surface area contributed by atoms with E-state index in [1.807, 2.05) is 37.2 Å². The third kappa shape index (κ3) is 5.10. The van der Waals surface area contributed by atoms with Crippen molar-refractivity contribution in [1.29, 1.82) is 0 Å². The molecule has 1 aromatic heterocycles. The van der Waals surface area contributed by atoms with E-state index in [1.165, 1.54) is 23.0 Å². The normalized spacial score (nSPS) is 12.3. The van der Waals surface area contributed by atoms with Gasteiger partial charge in [-0.05, 0) is 55.7 Å². The minimum absolute atomic E-state index is 0.0901. The van der Waals surface area contributed by atoms with Crippen LogP contribution in [-0.2, 0) is 6.54 Å². The fraction of sp³-hybridized carbons (Fsp3) is 0.318. The summed E-state index contributed by atoms with van der Waals surface area (Å²) in [6, 6.07) is 16.5. The molecule has 0 bridgehead atoms. The molecule has 0 aliphatic heterocycles. The average molecular weight is 382 g/mol. The van der Waals surface area contributed by atoms with Crippen molar-refractivity contribution in [3.8, 4) is 0 Å². The first-order valence-electron chi connectivity index (χ1n) is 9.52. The van der Waals surface area contributed by atoms with Gasteiger partial charge in [-0.2, -0.15) is 0 Å². The van der Waals surface area contributed by atoms with Crippen LogP contribution in [0.2, 0.25) is 0 Å². The Morgan fingerprint density at radius 1 is 1.11 bits per heavy atom. The maximum atomic E-state index is 13.5. The van der Waals surface area contributed by atoms with Crippen LogP contribution in [0.3, 0.4) is 0 Å². The second-order valence-electron chi connectivity index (χ2n) is 7.09. The van der Waals surface area contributed by atoms with Gasteiger partial charge in [-0.25, -0.2) is 9.18 Å². The molecule has 1 heterocycles. The van der Waals surface area contributed by atoms with Gasteiger partial charge in [0.05, 0.1) is 6.04 Å². The van der Waals surface area contributed by atoms with Gasteiger partial charge in [0.25, 0.3) is 0 Å². The van der Waals surface area contributed by atoms with E-state index in [0.29, 0.717) is 13.1 Å². The molecule has 0 spiro atoms. The largest absolute Gasteiger partial charge is 0.347 e. The molecule has 3 aromatic rings. The van der Waals surface area contributed by atoms with Gasteiger partial charge in [0, 0.05) is 31.3 Å². The molecule has 28 heavy (non-hydrogen) atoms. The van der Waals surface area contributed by atoms with Crippen molar-refractivity contribution in [3.63, 3.8) is 0 Å². The number of carbonyl (C=O) groups is 1. The van der Waals surface area contributed by atoms with E-state index in [1.54, 1.807) is 6.07 Å². The maximum absolute atomic E-state index is 13.5. The van der Waals surface area contributed by atoms with Gasteiger partial charge in [0.1, 0.15) is 5.82 Å². The molecule has 0 saturated carbocycles. The molecular formula is C22H27FN4O. The number of amides is 2. The van der Waals surface area contributed by atoms with E-state index in [2.05, 4.69) is 39.6 Å². The van der Waals surface area contributed by atoms with Crippen LogP contribution in [0.15, 0.2) is 60.8 Å². The van der Waals surface area contributed by atoms with Crippen molar-refractivity contribution < 1.29 is 9.18 Å². The molecule has 3 rings (SSSR count). The quantitative estimate of drug-likeness (QED) is 0.583. The van der Waals surface area contributed by atoms with Gasteiger partial charge in [-0.15, -0.1) is 0 Å². The number of fused-ring (bicyclic) bond motifs is 1. The van der Waals surface area contributed by atoms with E-state index < -0.39 is 0 Å². The molecule has 1 unspecified atom stereocenters. The summed E-state index contributed by atoms with van der Waals surface area (Å²) in [5.74, 6) is -0.272. The maximum Gasteiger partial charge on any atom is 0.314 e. The molecule has 5 nitrogen and oxygen atoms in total. The van der Waals surface area contributed by atoms with Crippen LogP contribution >= 0.6 is 0 Å². The van der Waals surface area contributed by atoms with Crippen molar-refractivity contribution in [1.82, 2.24) is 20.1 Å². The summed E-state index contributed by atoms with van der Waals surface area (Å²) in [5, 5.41) is 7.00. The molecule has 0 aliphatic carbocycles. The smallest absolute Gasteiger partial charge is 0.314 e. The van der Waals surface area contributed by atoms with Gasteiger partial charge in [0.2, 0.25) is 0 Å². The highest BCUT2D eigenvalue weighted by Crippen LogP contribution is 2.18. The molecular weight excluding hydrogens is 355 g/mol. The van der Waals surface area contributed by atoms with Crippen LogP contribution in [0.1, 0.15) is 18.0 Å². The fourth-order valence-corrected chi connectivity index (χ4v) is 3.35. The third-order valence-corrected chi connectivity index (χ3v) is 4.85. The van der Waals surface area contributed by atoms with Crippen molar-refractivity contribution >= 4 is 16.9 Å². The molecule has 0 fully saturated rings. The van der Waals surface area contributed by atoms with Gasteiger partial charge >= 0.3 is 6.03 Å². The van der Waals surface area contributed by atoms with Gasteiger partial charge in [0.15, 0.2) is 0 Å². The molecule has 0 aliphatic rings. The zero-order chi connectivity index (χ0) is 19.9. The molecule has 1 atom stereocenters. The van der Waals surface area contributed by atoms with Gasteiger partial charge < -0.3 is 20.1 Å². The topological polar surface area (TPSA) is 49.3 Å². The Morgan fingerprint density at radius 3 is 2.71 bits per heavy atom. The summed E-state index contributed by atoms with van der Waals surface area (Å²) in [6.45, 7) is 1.84. The van der Waals surface area contributed by atoms with Crippen LogP contribution in [-0.4, -0.2) is 42.7 Å². The summed E-state index contributed by atoms with van der Waals surface area (Å²) >= 11 is 0. The summed E-state index contributed by atoms with van der Waals surface area (Å²) in [4.78, 5) is 14.1.